The van der Waals surface area contributed by atoms with E-state index >= 15 is 0 Å². The van der Waals surface area contributed by atoms with Crippen LogP contribution in [0.1, 0.15) is 33.1 Å². The Kier molecular flexibility index (Phi) is 5.70. The lowest BCUT2D eigenvalue weighted by Crippen LogP contribution is -3.15. The third-order valence-electron chi connectivity index (χ3n) is 8.98. The molecule has 0 bridgehead atoms. The van der Waals surface area contributed by atoms with Gasteiger partial charge in [0, 0.05) is 17.8 Å². The Morgan fingerprint density at radius 3 is 2.78 bits per heavy atom. The van der Waals surface area contributed by atoms with Crippen molar-refractivity contribution in [2.75, 3.05) is 44.7 Å². The molecule has 0 spiro atoms. The van der Waals surface area contributed by atoms with Crippen molar-refractivity contribution in [3.63, 3.8) is 0 Å². The van der Waals surface area contributed by atoms with Crippen LogP contribution in [0.15, 0.2) is 35.9 Å². The van der Waals surface area contributed by atoms with Gasteiger partial charge in [0.2, 0.25) is 0 Å². The van der Waals surface area contributed by atoms with Crippen LogP contribution in [0.25, 0.3) is 0 Å². The van der Waals surface area contributed by atoms with Crippen molar-refractivity contribution in [2.45, 2.75) is 45.3 Å². The van der Waals surface area contributed by atoms with Gasteiger partial charge >= 0.3 is 5.97 Å². The number of allylic oxidation sites excluding steroid dienone is 1. The lowest BCUT2D eigenvalue weighted by Gasteiger charge is -2.51. The first kappa shape index (κ1) is 21.8. The maximum atomic E-state index is 12.9. The van der Waals surface area contributed by atoms with Crippen molar-refractivity contribution >= 4 is 11.7 Å². The van der Waals surface area contributed by atoms with Crippen LogP contribution in [0.2, 0.25) is 0 Å². The molecule has 1 aromatic carbocycles. The van der Waals surface area contributed by atoms with Crippen LogP contribution in [0.3, 0.4) is 0 Å². The van der Waals surface area contributed by atoms with Crippen molar-refractivity contribution < 1.29 is 24.3 Å². The SMILES string of the molecule is COc1ccccc1N1CC[NH+](C[C@@H]2C(=O)O[C@@H]3CC4=CCC[C@H](C)[C@@]4(C)[C@@H](O)[C@H]23)CC1. The van der Waals surface area contributed by atoms with Gasteiger partial charge in [0.05, 0.1) is 51.6 Å². The first-order valence-corrected chi connectivity index (χ1v) is 12.2. The molecule has 174 valence electrons. The van der Waals surface area contributed by atoms with E-state index in [4.69, 9.17) is 9.47 Å². The minimum atomic E-state index is -0.520. The molecule has 32 heavy (non-hydrogen) atoms. The second kappa shape index (κ2) is 8.38. The van der Waals surface area contributed by atoms with Crippen LogP contribution >= 0.6 is 0 Å². The molecule has 1 aromatic rings. The number of aliphatic hydroxyl groups excluding tert-OH is 1. The van der Waals surface area contributed by atoms with Crippen LogP contribution < -0.4 is 14.5 Å². The molecule has 5 rings (SSSR count). The van der Waals surface area contributed by atoms with Gasteiger partial charge in [-0.05, 0) is 30.9 Å². The average molecular weight is 442 g/mol. The number of rotatable bonds is 4. The number of fused-ring (bicyclic) bond motifs is 2. The fourth-order valence-electron chi connectivity index (χ4n) is 6.77. The monoisotopic (exact) mass is 441 g/mol. The van der Waals surface area contributed by atoms with Crippen LogP contribution in [0, 0.1) is 23.2 Å². The third-order valence-corrected chi connectivity index (χ3v) is 8.98. The molecule has 6 atom stereocenters. The van der Waals surface area contributed by atoms with Crippen molar-refractivity contribution in [2.24, 2.45) is 23.2 Å². The normalized spacial score (nSPS) is 37.4. The molecule has 2 aliphatic heterocycles. The van der Waals surface area contributed by atoms with Gasteiger partial charge in [-0.1, -0.05) is 37.6 Å². The molecule has 6 nitrogen and oxygen atoms in total. The Labute approximate surface area is 191 Å². The highest BCUT2D eigenvalue weighted by Crippen LogP contribution is 2.55. The molecule has 0 radical (unpaired) electrons. The maximum absolute atomic E-state index is 12.9. The van der Waals surface area contributed by atoms with Crippen LogP contribution in [0.5, 0.6) is 5.75 Å². The van der Waals surface area contributed by atoms with E-state index in [9.17, 15) is 9.90 Å². The summed E-state index contributed by atoms with van der Waals surface area (Å²) in [4.78, 5) is 16.7. The zero-order valence-corrected chi connectivity index (χ0v) is 19.5. The van der Waals surface area contributed by atoms with Crippen molar-refractivity contribution in [3.8, 4) is 5.75 Å². The number of nitrogens with zero attached hydrogens (tertiary/aromatic N) is 1. The fourth-order valence-corrected chi connectivity index (χ4v) is 6.77. The molecule has 1 saturated carbocycles. The molecular weight excluding hydrogens is 404 g/mol. The van der Waals surface area contributed by atoms with Gasteiger partial charge in [0.1, 0.15) is 17.8 Å². The minimum Gasteiger partial charge on any atom is -0.495 e. The van der Waals surface area contributed by atoms with E-state index in [0.717, 1.165) is 63.4 Å². The Morgan fingerprint density at radius 1 is 1.28 bits per heavy atom. The summed E-state index contributed by atoms with van der Waals surface area (Å²) in [7, 11) is 1.71. The summed E-state index contributed by atoms with van der Waals surface area (Å²) in [6.45, 7) is 9.00. The molecule has 2 N–H and O–H groups in total. The number of benzene rings is 1. The van der Waals surface area contributed by atoms with Crippen LogP contribution in [-0.2, 0) is 9.53 Å². The number of anilines is 1. The number of para-hydroxylation sites is 2. The smallest absolute Gasteiger partial charge is 0.315 e. The number of aliphatic hydroxyl groups is 1. The fraction of sp³-hybridized carbons (Fsp3) is 0.654. The standard InChI is InChI=1S/C26H36N2O4/c1-17-7-6-8-18-15-22-23(24(29)26(17,18)2)19(25(30)32-22)16-27-11-13-28(14-12-27)20-9-4-5-10-21(20)31-3/h4-5,8-10,17,19,22-24,29H,6-7,11-16H2,1-3H3/p+1/t17-,19-,22+,23+,24-,26+/m0/s1. The van der Waals surface area contributed by atoms with Gasteiger partial charge < -0.3 is 24.4 Å². The molecule has 2 saturated heterocycles. The highest BCUT2D eigenvalue weighted by Gasteiger charge is 2.60. The highest BCUT2D eigenvalue weighted by molar-refractivity contribution is 5.76. The number of hydrogen-bond acceptors (Lipinski definition) is 5. The van der Waals surface area contributed by atoms with E-state index in [1.165, 1.54) is 10.5 Å². The molecule has 2 aliphatic carbocycles. The van der Waals surface area contributed by atoms with Gasteiger partial charge in [0.15, 0.2) is 0 Å². The number of ether oxygens (including phenoxy) is 2. The molecule has 0 unspecified atom stereocenters. The Morgan fingerprint density at radius 2 is 2.03 bits per heavy atom. The molecule has 2 heterocycles. The third kappa shape index (κ3) is 3.43. The summed E-state index contributed by atoms with van der Waals surface area (Å²) in [6, 6.07) is 8.16. The van der Waals surface area contributed by atoms with Gasteiger partial charge in [-0.25, -0.2) is 0 Å². The van der Waals surface area contributed by atoms with Gasteiger partial charge in [-0.3, -0.25) is 4.79 Å². The minimum absolute atomic E-state index is 0.0926. The zero-order valence-electron chi connectivity index (χ0n) is 19.5. The maximum Gasteiger partial charge on any atom is 0.315 e. The molecular formula is C26H37N2O4+. The second-order valence-electron chi connectivity index (χ2n) is 10.4. The number of esters is 1. The Balaban J connectivity index is 1.28. The van der Waals surface area contributed by atoms with Crippen LogP contribution in [-0.4, -0.2) is 63.1 Å². The van der Waals surface area contributed by atoms with Crippen molar-refractivity contribution in [1.82, 2.24) is 0 Å². The topological polar surface area (TPSA) is 63.4 Å². The molecule has 6 heteroatoms. The van der Waals surface area contributed by atoms with E-state index < -0.39 is 6.10 Å². The Bertz CT molecular complexity index is 894. The lowest BCUT2D eigenvalue weighted by atomic mass is 9.55. The van der Waals surface area contributed by atoms with Gasteiger partial charge in [-0.15, -0.1) is 0 Å². The summed E-state index contributed by atoms with van der Waals surface area (Å²) < 4.78 is 11.4. The van der Waals surface area contributed by atoms with Crippen molar-refractivity contribution in [1.29, 1.82) is 0 Å². The van der Waals surface area contributed by atoms with E-state index in [1.807, 2.05) is 18.2 Å². The summed E-state index contributed by atoms with van der Waals surface area (Å²) >= 11 is 0. The van der Waals surface area contributed by atoms with Gasteiger partial charge in [-0.2, -0.15) is 0 Å². The molecule has 0 amide bonds. The number of nitrogens with one attached hydrogen (secondary N) is 1. The predicted molar refractivity (Wildman–Crippen MR) is 123 cm³/mol. The Hall–Kier alpha value is -2.05. The number of carbonyl (C=O) groups excluding carboxylic acids is 1. The first-order chi connectivity index (χ1) is 15.4. The van der Waals surface area contributed by atoms with Gasteiger partial charge in [0.25, 0.3) is 0 Å². The van der Waals surface area contributed by atoms with E-state index in [2.05, 4.69) is 30.9 Å². The summed E-state index contributed by atoms with van der Waals surface area (Å²) in [5, 5.41) is 11.6. The van der Waals surface area contributed by atoms with E-state index in [0.29, 0.717) is 5.92 Å². The number of quaternary nitrogens is 1. The molecule has 4 aliphatic rings. The number of carbonyl (C=O) groups is 1. The zero-order chi connectivity index (χ0) is 22.5. The second-order valence-corrected chi connectivity index (χ2v) is 10.4. The average Bonchev–Trinajstić information content (AvgIpc) is 3.11. The first-order valence-electron chi connectivity index (χ1n) is 12.2. The number of piperazine rings is 1. The van der Waals surface area contributed by atoms with E-state index in [1.54, 1.807) is 7.11 Å². The van der Waals surface area contributed by atoms with E-state index in [-0.39, 0.29) is 29.3 Å². The molecule has 0 aromatic heterocycles. The summed E-state index contributed by atoms with van der Waals surface area (Å²) in [5.74, 6) is 0.920. The largest absolute Gasteiger partial charge is 0.495 e. The number of methoxy groups -OCH3 is 1. The predicted octanol–water partition coefficient (Wildman–Crippen LogP) is 1.69. The highest BCUT2D eigenvalue weighted by atomic mass is 16.6. The van der Waals surface area contributed by atoms with Crippen LogP contribution in [0.4, 0.5) is 5.69 Å². The summed E-state index contributed by atoms with van der Waals surface area (Å²) in [6.07, 6.45) is 4.57. The lowest BCUT2D eigenvalue weighted by molar-refractivity contribution is -0.903. The molecule has 3 fully saturated rings. The number of hydrogen-bond donors (Lipinski definition) is 2. The summed E-state index contributed by atoms with van der Waals surface area (Å²) in [5.41, 5.74) is 2.20. The van der Waals surface area contributed by atoms with Crippen molar-refractivity contribution in [3.05, 3.63) is 35.9 Å². The quantitative estimate of drug-likeness (QED) is 0.550.